The van der Waals surface area contributed by atoms with E-state index in [1.807, 2.05) is 0 Å². The molecular formula is C14H28N2O. The van der Waals surface area contributed by atoms with Crippen molar-refractivity contribution in [3.8, 4) is 0 Å². The van der Waals surface area contributed by atoms with Gasteiger partial charge in [-0.3, -0.25) is 4.90 Å². The van der Waals surface area contributed by atoms with E-state index in [1.165, 1.54) is 19.3 Å². The Hall–Kier alpha value is -0.380. The number of nitrogens with zero attached hydrogens (tertiary/aromatic N) is 1. The van der Waals surface area contributed by atoms with E-state index in [-0.39, 0.29) is 6.23 Å². The molecule has 3 unspecified atom stereocenters. The van der Waals surface area contributed by atoms with Crippen molar-refractivity contribution >= 4 is 0 Å². The number of rotatable bonds is 7. The first-order valence-corrected chi connectivity index (χ1v) is 6.69. The Labute approximate surface area is 106 Å². The van der Waals surface area contributed by atoms with Crippen LogP contribution in [0.3, 0.4) is 0 Å². The molecule has 0 spiro atoms. The Balaban J connectivity index is 2.72. The summed E-state index contributed by atoms with van der Waals surface area (Å²) in [6, 6.07) is 1.13. The van der Waals surface area contributed by atoms with Crippen molar-refractivity contribution in [2.24, 2.45) is 11.7 Å². The molecule has 0 heterocycles. The van der Waals surface area contributed by atoms with Gasteiger partial charge in [0.2, 0.25) is 0 Å². The lowest BCUT2D eigenvalue weighted by Gasteiger charge is -2.32. The number of hydrogen-bond donors (Lipinski definition) is 1. The molecule has 3 heteroatoms. The molecule has 0 aliphatic heterocycles. The third-order valence-electron chi connectivity index (χ3n) is 4.00. The molecule has 1 saturated carbocycles. The summed E-state index contributed by atoms with van der Waals surface area (Å²) in [6.07, 6.45) is 5.91. The molecular weight excluding hydrogens is 212 g/mol. The molecule has 0 bridgehead atoms. The van der Waals surface area contributed by atoms with Gasteiger partial charge in [-0.1, -0.05) is 13.0 Å². The summed E-state index contributed by atoms with van der Waals surface area (Å²) >= 11 is 0. The molecule has 3 atom stereocenters. The molecule has 0 radical (unpaired) electrons. The average molecular weight is 240 g/mol. The second kappa shape index (κ2) is 6.53. The lowest BCUT2D eigenvalue weighted by molar-refractivity contribution is 0.134. The zero-order valence-corrected chi connectivity index (χ0v) is 11.9. The van der Waals surface area contributed by atoms with Crippen LogP contribution in [-0.4, -0.2) is 37.4 Å². The van der Waals surface area contributed by atoms with Crippen LogP contribution in [0.4, 0.5) is 0 Å². The third kappa shape index (κ3) is 4.09. The highest BCUT2D eigenvalue weighted by atomic mass is 16.5. The predicted molar refractivity (Wildman–Crippen MR) is 72.8 cm³/mol. The zero-order valence-electron chi connectivity index (χ0n) is 11.9. The van der Waals surface area contributed by atoms with Crippen LogP contribution in [0.5, 0.6) is 0 Å². The molecule has 0 saturated heterocycles. The minimum Gasteiger partial charge on any atom is -0.363 e. The van der Waals surface area contributed by atoms with Crippen LogP contribution in [0.25, 0.3) is 0 Å². The van der Waals surface area contributed by atoms with Crippen molar-refractivity contribution < 1.29 is 4.74 Å². The first-order chi connectivity index (χ1) is 8.01. The molecule has 0 aromatic heterocycles. The van der Waals surface area contributed by atoms with E-state index in [0.717, 1.165) is 11.5 Å². The van der Waals surface area contributed by atoms with E-state index in [9.17, 15) is 0 Å². The molecule has 0 aromatic rings. The summed E-state index contributed by atoms with van der Waals surface area (Å²) < 4.78 is 5.17. The van der Waals surface area contributed by atoms with Crippen molar-refractivity contribution in [2.75, 3.05) is 14.2 Å². The molecule has 1 rings (SSSR count). The number of methoxy groups -OCH3 is 1. The van der Waals surface area contributed by atoms with Crippen molar-refractivity contribution in [2.45, 2.75) is 58.3 Å². The van der Waals surface area contributed by atoms with Gasteiger partial charge in [0, 0.05) is 19.2 Å². The smallest absolute Gasteiger partial charge is 0.127 e. The maximum absolute atomic E-state index is 5.89. The van der Waals surface area contributed by atoms with E-state index < -0.39 is 0 Å². The molecule has 2 N–H and O–H groups in total. The van der Waals surface area contributed by atoms with Crippen molar-refractivity contribution in [1.29, 1.82) is 0 Å². The number of ether oxygens (including phenoxy) is 1. The Bertz CT molecular complexity index is 261. The normalized spacial score (nSPS) is 22.6. The maximum Gasteiger partial charge on any atom is 0.127 e. The summed E-state index contributed by atoms with van der Waals surface area (Å²) in [7, 11) is 3.88. The standard InChI is InChI=1S/C14H28N2O/c1-6-11(3)16(4)13(12-7-8-12)9-10(2)14(15)17-5/h9,11-14H,6-8,15H2,1-5H3/b10-9+. The van der Waals surface area contributed by atoms with Crippen LogP contribution in [0.15, 0.2) is 11.6 Å². The fourth-order valence-electron chi connectivity index (χ4n) is 2.16. The summed E-state index contributed by atoms with van der Waals surface area (Å²) in [5, 5.41) is 0. The highest BCUT2D eigenvalue weighted by molar-refractivity contribution is 5.12. The van der Waals surface area contributed by atoms with E-state index in [4.69, 9.17) is 10.5 Å². The van der Waals surface area contributed by atoms with Gasteiger partial charge in [0.05, 0.1) is 0 Å². The zero-order chi connectivity index (χ0) is 13.0. The Kier molecular flexibility index (Phi) is 5.63. The summed E-state index contributed by atoms with van der Waals surface area (Å²) in [5.74, 6) is 0.813. The fraction of sp³-hybridized carbons (Fsp3) is 0.857. The molecule has 100 valence electrons. The Morgan fingerprint density at radius 2 is 2.12 bits per heavy atom. The predicted octanol–water partition coefficient (Wildman–Crippen LogP) is 2.37. The highest BCUT2D eigenvalue weighted by Gasteiger charge is 2.34. The summed E-state index contributed by atoms with van der Waals surface area (Å²) in [6.45, 7) is 6.59. The summed E-state index contributed by atoms with van der Waals surface area (Å²) in [5.41, 5.74) is 7.02. The van der Waals surface area contributed by atoms with Gasteiger partial charge < -0.3 is 10.5 Å². The molecule has 1 aliphatic carbocycles. The molecule has 1 fully saturated rings. The topological polar surface area (TPSA) is 38.5 Å². The van der Waals surface area contributed by atoms with Crippen molar-refractivity contribution in [3.63, 3.8) is 0 Å². The molecule has 3 nitrogen and oxygen atoms in total. The van der Waals surface area contributed by atoms with Gasteiger partial charge in [0.25, 0.3) is 0 Å². The lowest BCUT2D eigenvalue weighted by Crippen LogP contribution is -2.39. The van der Waals surface area contributed by atoms with Crippen LogP contribution in [-0.2, 0) is 4.74 Å². The van der Waals surface area contributed by atoms with Gasteiger partial charge in [-0.05, 0) is 51.6 Å². The Morgan fingerprint density at radius 1 is 1.53 bits per heavy atom. The number of nitrogens with two attached hydrogens (primary N) is 1. The lowest BCUT2D eigenvalue weighted by atomic mass is 10.0. The Morgan fingerprint density at radius 3 is 2.53 bits per heavy atom. The monoisotopic (exact) mass is 240 g/mol. The average Bonchev–Trinajstić information content (AvgIpc) is 3.16. The van der Waals surface area contributed by atoms with Gasteiger partial charge in [-0.2, -0.15) is 0 Å². The van der Waals surface area contributed by atoms with Gasteiger partial charge in [-0.25, -0.2) is 0 Å². The van der Waals surface area contributed by atoms with E-state index in [0.29, 0.717) is 12.1 Å². The maximum atomic E-state index is 5.89. The number of likely N-dealkylation sites (N-methyl/N-ethyl adjacent to an activating group) is 1. The van der Waals surface area contributed by atoms with Crippen molar-refractivity contribution in [3.05, 3.63) is 11.6 Å². The van der Waals surface area contributed by atoms with E-state index in [2.05, 4.69) is 38.8 Å². The van der Waals surface area contributed by atoms with E-state index >= 15 is 0 Å². The fourth-order valence-corrected chi connectivity index (χ4v) is 2.16. The highest BCUT2D eigenvalue weighted by Crippen LogP contribution is 2.37. The van der Waals surface area contributed by atoms with Gasteiger partial charge >= 0.3 is 0 Å². The second-order valence-electron chi connectivity index (χ2n) is 5.32. The number of hydrogen-bond acceptors (Lipinski definition) is 3. The summed E-state index contributed by atoms with van der Waals surface area (Å²) in [4.78, 5) is 2.48. The van der Waals surface area contributed by atoms with Gasteiger partial charge in [0.15, 0.2) is 0 Å². The minimum absolute atomic E-state index is 0.262. The van der Waals surface area contributed by atoms with Gasteiger partial charge in [0.1, 0.15) is 6.23 Å². The first kappa shape index (κ1) is 14.7. The van der Waals surface area contributed by atoms with Crippen LogP contribution < -0.4 is 5.73 Å². The first-order valence-electron chi connectivity index (χ1n) is 6.69. The molecule has 0 aromatic carbocycles. The van der Waals surface area contributed by atoms with Crippen LogP contribution in [0.2, 0.25) is 0 Å². The SMILES string of the molecule is CCC(C)N(C)C(/C=C(\C)C(N)OC)C1CC1. The van der Waals surface area contributed by atoms with E-state index in [1.54, 1.807) is 7.11 Å². The molecule has 1 aliphatic rings. The minimum atomic E-state index is -0.262. The van der Waals surface area contributed by atoms with Crippen LogP contribution >= 0.6 is 0 Å². The third-order valence-corrected chi connectivity index (χ3v) is 4.00. The van der Waals surface area contributed by atoms with Gasteiger partial charge in [-0.15, -0.1) is 0 Å². The van der Waals surface area contributed by atoms with Crippen LogP contribution in [0, 0.1) is 5.92 Å². The van der Waals surface area contributed by atoms with Crippen molar-refractivity contribution in [1.82, 2.24) is 4.90 Å². The van der Waals surface area contributed by atoms with Crippen LogP contribution in [0.1, 0.15) is 40.0 Å². The second-order valence-corrected chi connectivity index (χ2v) is 5.32. The molecule has 17 heavy (non-hydrogen) atoms. The largest absolute Gasteiger partial charge is 0.363 e. The molecule has 0 amide bonds. The quantitative estimate of drug-likeness (QED) is 0.548.